The van der Waals surface area contributed by atoms with Gasteiger partial charge in [0.2, 0.25) is 29.0 Å². The maximum atomic E-state index is 13.9. The highest BCUT2D eigenvalue weighted by Crippen LogP contribution is 2.58. The number of carbonyl (C=O) groups excluding carboxylic acids is 4. The van der Waals surface area contributed by atoms with E-state index in [1.165, 1.54) is 0 Å². The Hall–Kier alpha value is -3.61. The number of carbonyl (C=O) groups is 4. The smallest absolute Gasteiger partial charge is 0.241 e. The number of anilines is 1. The van der Waals surface area contributed by atoms with Gasteiger partial charge in [-0.15, -0.1) is 0 Å². The molecule has 2 fully saturated rings. The Morgan fingerprint density at radius 1 is 0.800 bits per heavy atom. The highest BCUT2D eigenvalue weighted by molar-refractivity contribution is 6.39. The van der Waals surface area contributed by atoms with E-state index >= 15 is 0 Å². The highest BCUT2D eigenvalue weighted by Gasteiger charge is 2.75. The molecule has 2 aliphatic heterocycles. The number of fused-ring (bicyclic) bond motifs is 3. The number of hydrogen-bond acceptors (Lipinski definition) is 5. The summed E-state index contributed by atoms with van der Waals surface area (Å²) in [5.74, 6) is -4.71. The van der Waals surface area contributed by atoms with Gasteiger partial charge in [0.15, 0.2) is 0 Å². The first kappa shape index (κ1) is 21.9. The lowest BCUT2D eigenvalue weighted by Gasteiger charge is -2.28. The van der Waals surface area contributed by atoms with Gasteiger partial charge in [-0.05, 0) is 42.7 Å². The predicted octanol–water partition coefficient (Wildman–Crippen LogP) is 4.65. The van der Waals surface area contributed by atoms with E-state index in [-0.39, 0.29) is 21.8 Å². The van der Waals surface area contributed by atoms with Crippen LogP contribution < -0.4 is 4.90 Å². The van der Waals surface area contributed by atoms with Crippen molar-refractivity contribution in [1.29, 1.82) is 0 Å². The second-order valence-electron chi connectivity index (χ2n) is 9.23. The second kappa shape index (κ2) is 7.44. The van der Waals surface area contributed by atoms with E-state index in [1.807, 2.05) is 32.0 Å². The molecule has 6 nitrogen and oxygen atoms in total. The summed E-state index contributed by atoms with van der Waals surface area (Å²) in [6.07, 6.45) is -0.953. The van der Waals surface area contributed by atoms with Crippen LogP contribution in [-0.2, 0) is 14.3 Å². The molecule has 0 radical (unpaired) electrons. The van der Waals surface area contributed by atoms with Gasteiger partial charge in [-0.25, -0.2) is 4.90 Å². The third kappa shape index (κ3) is 2.69. The summed E-state index contributed by atoms with van der Waals surface area (Å²) in [7, 11) is 0. The number of amides is 2. The molecule has 3 aliphatic rings. The van der Waals surface area contributed by atoms with Crippen molar-refractivity contribution in [2.75, 3.05) is 4.90 Å². The molecule has 2 saturated heterocycles. The molecule has 174 valence electrons. The molecule has 3 aromatic rings. The molecule has 3 atom stereocenters. The summed E-state index contributed by atoms with van der Waals surface area (Å²) < 4.78 is 6.36. The third-order valence-corrected chi connectivity index (χ3v) is 7.89. The molecule has 2 heterocycles. The van der Waals surface area contributed by atoms with Gasteiger partial charge >= 0.3 is 0 Å². The van der Waals surface area contributed by atoms with E-state index in [9.17, 15) is 19.2 Å². The predicted molar refractivity (Wildman–Crippen MR) is 129 cm³/mol. The fourth-order valence-electron chi connectivity index (χ4n) is 5.75. The van der Waals surface area contributed by atoms with Crippen LogP contribution in [-0.4, -0.2) is 29.0 Å². The van der Waals surface area contributed by atoms with E-state index in [1.54, 1.807) is 48.5 Å². The number of aryl methyl sites for hydroxylation is 1. The quantitative estimate of drug-likeness (QED) is 0.390. The van der Waals surface area contributed by atoms with Crippen molar-refractivity contribution in [3.8, 4) is 0 Å². The van der Waals surface area contributed by atoms with Crippen molar-refractivity contribution < 1.29 is 23.9 Å². The molecule has 3 aromatic carbocycles. The summed E-state index contributed by atoms with van der Waals surface area (Å²) >= 11 is 6.36. The molecule has 0 saturated carbocycles. The minimum Gasteiger partial charge on any atom is -0.349 e. The highest BCUT2D eigenvalue weighted by atomic mass is 35.5. The maximum absolute atomic E-state index is 13.9. The minimum absolute atomic E-state index is 0.203. The van der Waals surface area contributed by atoms with Crippen LogP contribution in [0.3, 0.4) is 0 Å². The number of nitrogens with zero attached hydrogens (tertiary/aromatic N) is 1. The van der Waals surface area contributed by atoms with Crippen LogP contribution in [0.4, 0.5) is 5.69 Å². The van der Waals surface area contributed by atoms with Crippen molar-refractivity contribution >= 4 is 40.7 Å². The average Bonchev–Trinajstić information content (AvgIpc) is 3.41. The van der Waals surface area contributed by atoms with Crippen LogP contribution in [0.15, 0.2) is 66.7 Å². The molecule has 7 heteroatoms. The first-order valence-electron chi connectivity index (χ1n) is 11.3. The lowest BCUT2D eigenvalue weighted by atomic mass is 9.76. The molecule has 0 N–H and O–H groups in total. The summed E-state index contributed by atoms with van der Waals surface area (Å²) in [4.78, 5) is 56.5. The second-order valence-corrected chi connectivity index (χ2v) is 9.64. The van der Waals surface area contributed by atoms with Crippen LogP contribution >= 0.6 is 11.6 Å². The molecule has 0 unspecified atom stereocenters. The molecular weight excluding hydrogens is 466 g/mol. The lowest BCUT2D eigenvalue weighted by Crippen LogP contribution is -2.51. The Morgan fingerprint density at radius 2 is 1.43 bits per heavy atom. The molecular formula is C28H20ClNO5. The van der Waals surface area contributed by atoms with Crippen molar-refractivity contribution in [1.82, 2.24) is 0 Å². The van der Waals surface area contributed by atoms with E-state index in [4.69, 9.17) is 16.3 Å². The van der Waals surface area contributed by atoms with E-state index in [2.05, 4.69) is 0 Å². The Labute approximate surface area is 206 Å². The molecule has 0 bridgehead atoms. The standard InChI is InChI=1S/C28H20ClNO5/c1-14-8-7-11-16(15(14)2)23-21-22(27(34)30(26(21)33)20-13-6-5-12-19(20)29)28(35-23)24(31)17-9-3-4-10-18(17)25(28)32/h3-13,21-23H,1-2H3/t21-,22+,23-/m1/s1. The number of benzene rings is 3. The summed E-state index contributed by atoms with van der Waals surface area (Å²) in [6.45, 7) is 3.83. The third-order valence-electron chi connectivity index (χ3n) is 7.57. The van der Waals surface area contributed by atoms with Gasteiger partial charge in [0.1, 0.15) is 0 Å². The van der Waals surface area contributed by atoms with Gasteiger partial charge in [0.05, 0.1) is 28.6 Å². The van der Waals surface area contributed by atoms with Crippen molar-refractivity contribution in [2.24, 2.45) is 11.8 Å². The van der Waals surface area contributed by atoms with Gasteiger partial charge in [-0.3, -0.25) is 19.2 Å². The molecule has 1 aliphatic carbocycles. The Balaban J connectivity index is 1.59. The van der Waals surface area contributed by atoms with Crippen LogP contribution in [0.5, 0.6) is 0 Å². The number of Topliss-reactive ketones (excluding diaryl/α,β-unsaturated/α-hetero) is 2. The Kier molecular flexibility index (Phi) is 4.66. The van der Waals surface area contributed by atoms with Crippen molar-refractivity contribution in [2.45, 2.75) is 25.6 Å². The first-order chi connectivity index (χ1) is 16.8. The zero-order chi connectivity index (χ0) is 24.6. The van der Waals surface area contributed by atoms with Crippen LogP contribution in [0.1, 0.15) is 43.5 Å². The zero-order valence-electron chi connectivity index (χ0n) is 18.9. The van der Waals surface area contributed by atoms with E-state index in [0.717, 1.165) is 16.0 Å². The van der Waals surface area contributed by atoms with Gasteiger partial charge in [0, 0.05) is 11.1 Å². The van der Waals surface area contributed by atoms with Gasteiger partial charge in [-0.1, -0.05) is 66.2 Å². The van der Waals surface area contributed by atoms with Crippen molar-refractivity contribution in [3.63, 3.8) is 0 Å². The summed E-state index contributed by atoms with van der Waals surface area (Å²) in [6, 6.07) is 18.5. The number of imide groups is 1. The topological polar surface area (TPSA) is 80.8 Å². The normalized spacial score (nSPS) is 24.4. The van der Waals surface area contributed by atoms with Gasteiger partial charge < -0.3 is 4.74 Å². The van der Waals surface area contributed by atoms with Crippen molar-refractivity contribution in [3.05, 3.63) is 99.6 Å². The molecule has 35 heavy (non-hydrogen) atoms. The monoisotopic (exact) mass is 485 g/mol. The number of ketones is 2. The van der Waals surface area contributed by atoms with E-state index < -0.39 is 46.9 Å². The molecule has 1 spiro atoms. The number of hydrogen-bond donors (Lipinski definition) is 0. The Bertz CT molecular complexity index is 1440. The minimum atomic E-state index is -2.10. The van der Waals surface area contributed by atoms with Gasteiger partial charge in [0.25, 0.3) is 0 Å². The first-order valence-corrected chi connectivity index (χ1v) is 11.7. The fourth-order valence-corrected chi connectivity index (χ4v) is 5.97. The number of halogens is 1. The van der Waals surface area contributed by atoms with E-state index in [0.29, 0.717) is 5.56 Å². The molecule has 2 amide bonds. The SMILES string of the molecule is Cc1cccc([C@H]2OC3(C(=O)c4ccccc4C3=O)[C@@H]3C(=O)N(c4ccccc4Cl)C(=O)[C@@H]23)c1C. The largest absolute Gasteiger partial charge is 0.349 e. The number of rotatable bonds is 2. The fraction of sp³-hybridized carbons (Fsp3) is 0.214. The lowest BCUT2D eigenvalue weighted by molar-refractivity contribution is -0.127. The van der Waals surface area contributed by atoms with Crippen LogP contribution in [0.25, 0.3) is 0 Å². The van der Waals surface area contributed by atoms with Gasteiger partial charge in [-0.2, -0.15) is 0 Å². The number of para-hydroxylation sites is 1. The molecule has 0 aromatic heterocycles. The Morgan fingerprint density at radius 3 is 2.09 bits per heavy atom. The summed E-state index contributed by atoms with van der Waals surface area (Å²) in [5.41, 5.74) is 1.05. The molecule has 6 rings (SSSR count). The number of ether oxygens (including phenoxy) is 1. The average molecular weight is 486 g/mol. The maximum Gasteiger partial charge on any atom is 0.241 e. The van der Waals surface area contributed by atoms with Crippen LogP contribution in [0, 0.1) is 25.7 Å². The summed E-state index contributed by atoms with van der Waals surface area (Å²) in [5, 5.41) is 0.222. The zero-order valence-corrected chi connectivity index (χ0v) is 19.7. The van der Waals surface area contributed by atoms with Crippen LogP contribution in [0.2, 0.25) is 5.02 Å².